The Morgan fingerprint density at radius 3 is 2.76 bits per heavy atom. The molecule has 0 bridgehead atoms. The minimum Gasteiger partial charge on any atom is -0.486 e. The number of fused-ring (bicyclic) bond motifs is 2. The van der Waals surface area contributed by atoms with Crippen molar-refractivity contribution in [3.8, 4) is 17.6 Å². The van der Waals surface area contributed by atoms with Crippen LogP contribution in [0.3, 0.4) is 0 Å². The van der Waals surface area contributed by atoms with Gasteiger partial charge in [0.05, 0.1) is 21.2 Å². The second kappa shape index (κ2) is 9.65. The van der Waals surface area contributed by atoms with Crippen LogP contribution < -0.4 is 15.4 Å². The van der Waals surface area contributed by atoms with Gasteiger partial charge in [-0.25, -0.2) is 9.97 Å². The van der Waals surface area contributed by atoms with E-state index in [0.29, 0.717) is 56.5 Å². The minimum atomic E-state index is -0.417. The van der Waals surface area contributed by atoms with E-state index < -0.39 is 4.92 Å². The monoisotopic (exact) mass is 512 g/mol. The maximum Gasteiger partial charge on any atom is 0.285 e. The third-order valence-electron chi connectivity index (χ3n) is 6.71. The van der Waals surface area contributed by atoms with Gasteiger partial charge in [0.1, 0.15) is 30.1 Å². The van der Waals surface area contributed by atoms with Crippen molar-refractivity contribution >= 4 is 39.7 Å². The van der Waals surface area contributed by atoms with Crippen LogP contribution in [0.4, 0.5) is 17.2 Å². The number of hydrogen-bond donors (Lipinski definition) is 2. The van der Waals surface area contributed by atoms with Crippen LogP contribution in [0.2, 0.25) is 5.02 Å². The number of hydrogen-bond acceptors (Lipinski definition) is 8. The Hall–Kier alpha value is -4.26. The third kappa shape index (κ3) is 4.77. The van der Waals surface area contributed by atoms with Crippen LogP contribution in [-0.4, -0.2) is 33.0 Å². The second-order valence-electron chi connectivity index (χ2n) is 9.03. The molecule has 0 unspecified atom stereocenters. The number of aromatic nitrogens is 3. The van der Waals surface area contributed by atoms with Gasteiger partial charge in [0.25, 0.3) is 5.69 Å². The molecule has 10 heteroatoms. The molecule has 2 aromatic heterocycles. The van der Waals surface area contributed by atoms with E-state index in [1.807, 2.05) is 18.2 Å². The summed E-state index contributed by atoms with van der Waals surface area (Å²) < 4.78 is 5.78. The van der Waals surface area contributed by atoms with Gasteiger partial charge in [0.2, 0.25) is 0 Å². The summed E-state index contributed by atoms with van der Waals surface area (Å²) in [7, 11) is 0. The second-order valence-corrected chi connectivity index (χ2v) is 9.43. The van der Waals surface area contributed by atoms with Crippen LogP contribution in [0.5, 0.6) is 5.75 Å². The molecule has 184 valence electrons. The minimum absolute atomic E-state index is 0.0712. The van der Waals surface area contributed by atoms with E-state index in [9.17, 15) is 10.1 Å². The Labute approximate surface area is 217 Å². The van der Waals surface area contributed by atoms with E-state index in [0.717, 1.165) is 18.8 Å². The predicted octanol–water partition coefficient (Wildman–Crippen LogP) is 4.73. The first-order valence-corrected chi connectivity index (χ1v) is 12.2. The Bertz CT molecular complexity index is 1560. The number of nitrogens with one attached hydrogen (secondary N) is 2. The molecule has 1 saturated carbocycles. The summed E-state index contributed by atoms with van der Waals surface area (Å²) >= 11 is 6.44. The molecule has 0 radical (unpaired) electrons. The van der Waals surface area contributed by atoms with Gasteiger partial charge in [0, 0.05) is 29.3 Å². The van der Waals surface area contributed by atoms with Gasteiger partial charge in [-0.1, -0.05) is 29.5 Å². The Morgan fingerprint density at radius 2 is 2.00 bits per heavy atom. The molecule has 3 atom stereocenters. The Kier molecular flexibility index (Phi) is 6.04. The van der Waals surface area contributed by atoms with Crippen molar-refractivity contribution in [2.24, 2.45) is 17.8 Å². The quantitative estimate of drug-likeness (QED) is 0.216. The van der Waals surface area contributed by atoms with Crippen LogP contribution in [-0.2, 0) is 6.61 Å². The zero-order chi connectivity index (χ0) is 25.4. The number of anilines is 2. The first-order chi connectivity index (χ1) is 18.1. The number of ether oxygens (including phenoxy) is 1. The van der Waals surface area contributed by atoms with E-state index in [1.54, 1.807) is 30.5 Å². The van der Waals surface area contributed by atoms with Crippen molar-refractivity contribution in [1.82, 2.24) is 20.3 Å². The summed E-state index contributed by atoms with van der Waals surface area (Å²) in [5.41, 5.74) is 2.29. The third-order valence-corrected chi connectivity index (χ3v) is 7.01. The molecular formula is C27H21ClN6O3. The number of benzene rings is 2. The maximum atomic E-state index is 11.9. The van der Waals surface area contributed by atoms with E-state index in [-0.39, 0.29) is 12.3 Å². The van der Waals surface area contributed by atoms with Gasteiger partial charge in [-0.2, -0.15) is 0 Å². The lowest BCUT2D eigenvalue weighted by atomic mass is 10.1. The van der Waals surface area contributed by atoms with Crippen LogP contribution in [0.15, 0.2) is 61.1 Å². The molecule has 2 aliphatic rings. The fraction of sp³-hybridized carbons (Fsp3) is 0.222. The average molecular weight is 513 g/mol. The highest BCUT2D eigenvalue weighted by Crippen LogP contribution is 2.48. The summed E-state index contributed by atoms with van der Waals surface area (Å²) in [5.74, 6) is 8.65. The number of nitro groups is 1. The van der Waals surface area contributed by atoms with Gasteiger partial charge < -0.3 is 15.4 Å². The van der Waals surface area contributed by atoms with E-state index in [2.05, 4.69) is 37.4 Å². The number of rotatable bonds is 6. The first-order valence-electron chi connectivity index (χ1n) is 11.8. The highest BCUT2D eigenvalue weighted by atomic mass is 35.5. The summed E-state index contributed by atoms with van der Waals surface area (Å²) in [4.78, 5) is 24.3. The lowest BCUT2D eigenvalue weighted by Crippen LogP contribution is -2.13. The summed E-state index contributed by atoms with van der Waals surface area (Å²) in [6.45, 7) is 2.22. The summed E-state index contributed by atoms with van der Waals surface area (Å²) in [6, 6.07) is 14.0. The zero-order valence-corrected chi connectivity index (χ0v) is 20.3. The predicted molar refractivity (Wildman–Crippen MR) is 140 cm³/mol. The number of nitrogens with zero attached hydrogens (tertiary/aromatic N) is 4. The van der Waals surface area contributed by atoms with Crippen molar-refractivity contribution in [1.29, 1.82) is 0 Å². The number of nitro benzene ring substituents is 1. The molecule has 0 amide bonds. The molecule has 2 fully saturated rings. The van der Waals surface area contributed by atoms with Crippen molar-refractivity contribution in [3.05, 3.63) is 87.4 Å². The smallest absolute Gasteiger partial charge is 0.285 e. The normalized spacial score (nSPS) is 19.5. The van der Waals surface area contributed by atoms with Crippen LogP contribution in [0.25, 0.3) is 10.9 Å². The molecule has 0 spiro atoms. The molecule has 2 N–H and O–H groups in total. The van der Waals surface area contributed by atoms with Crippen LogP contribution >= 0.6 is 11.6 Å². The van der Waals surface area contributed by atoms with Gasteiger partial charge in [-0.05, 0) is 61.3 Å². The number of pyridine rings is 1. The van der Waals surface area contributed by atoms with Crippen LogP contribution in [0.1, 0.15) is 11.3 Å². The van der Waals surface area contributed by atoms with Crippen molar-refractivity contribution < 1.29 is 9.66 Å². The van der Waals surface area contributed by atoms with Crippen molar-refractivity contribution in [2.45, 2.75) is 6.61 Å². The summed E-state index contributed by atoms with van der Waals surface area (Å²) in [5, 5.41) is 19.3. The van der Waals surface area contributed by atoms with E-state index >= 15 is 0 Å². The van der Waals surface area contributed by atoms with E-state index in [1.165, 1.54) is 12.4 Å². The maximum absolute atomic E-state index is 11.9. The standard InChI is InChI=1S/C27H21ClN6O3/c28-23-10-17(5-7-26(23)37-14-18-3-1-2-8-30-18)33-27-20-11-25(34(35)36)16(9-24(20)31-15-32-27)4-6-19-21-12-29-13-22(19)21/h1-3,5,7-11,15,19,21-22,29H,12-14H2,(H,31,32,33)/t19-,21-,22+. The van der Waals surface area contributed by atoms with Gasteiger partial charge in [-0.3, -0.25) is 15.1 Å². The first kappa shape index (κ1) is 23.2. The van der Waals surface area contributed by atoms with Crippen LogP contribution in [0, 0.1) is 39.7 Å². The van der Waals surface area contributed by atoms with E-state index in [4.69, 9.17) is 16.3 Å². The molecule has 37 heavy (non-hydrogen) atoms. The number of halogens is 1. The van der Waals surface area contributed by atoms with Gasteiger partial charge in [-0.15, -0.1) is 0 Å². The van der Waals surface area contributed by atoms with Crippen molar-refractivity contribution in [3.63, 3.8) is 0 Å². The highest BCUT2D eigenvalue weighted by Gasteiger charge is 2.51. The molecule has 4 aromatic rings. The highest BCUT2D eigenvalue weighted by molar-refractivity contribution is 6.32. The molecule has 9 nitrogen and oxygen atoms in total. The Morgan fingerprint density at radius 1 is 1.14 bits per heavy atom. The average Bonchev–Trinajstić information content (AvgIpc) is 3.32. The Balaban J connectivity index is 1.25. The molecule has 2 aromatic carbocycles. The topological polar surface area (TPSA) is 115 Å². The van der Waals surface area contributed by atoms with Crippen molar-refractivity contribution in [2.75, 3.05) is 18.4 Å². The summed E-state index contributed by atoms with van der Waals surface area (Å²) in [6.07, 6.45) is 3.12. The number of piperidine rings is 1. The SMILES string of the molecule is O=[N+]([O-])c1cc2c(Nc3ccc(OCc4ccccn4)c(Cl)c3)ncnc2cc1C#C[C@@H]1[C@H]2CNC[C@@H]12. The molecule has 3 heterocycles. The lowest BCUT2D eigenvalue weighted by molar-refractivity contribution is -0.385. The lowest BCUT2D eigenvalue weighted by Gasteiger charge is -2.12. The zero-order valence-electron chi connectivity index (χ0n) is 19.5. The fourth-order valence-electron chi connectivity index (χ4n) is 4.70. The molecule has 6 rings (SSSR count). The fourth-order valence-corrected chi connectivity index (χ4v) is 4.94. The largest absolute Gasteiger partial charge is 0.486 e. The van der Waals surface area contributed by atoms with Gasteiger partial charge in [0.15, 0.2) is 0 Å². The molecule has 1 saturated heterocycles. The van der Waals surface area contributed by atoms with Gasteiger partial charge >= 0.3 is 0 Å². The molecule has 1 aliphatic heterocycles. The molecule has 1 aliphatic carbocycles. The molecular weight excluding hydrogens is 492 g/mol.